The van der Waals surface area contributed by atoms with E-state index in [4.69, 9.17) is 9.47 Å². The SMILES string of the molecule is COc1ccc(C)cc1NC(=O)C(C)OC(=O)C1CCN(S(=O)(=O)c2cn(C)c(C)n2)CC1. The number of hydrogen-bond acceptors (Lipinski definition) is 7. The third-order valence-corrected chi connectivity index (χ3v) is 7.52. The molecule has 1 N–H and O–H groups in total. The van der Waals surface area contributed by atoms with Crippen LogP contribution >= 0.6 is 0 Å². The minimum atomic E-state index is -3.72. The highest BCUT2D eigenvalue weighted by atomic mass is 32.2. The number of amides is 1. The second kappa shape index (κ2) is 9.92. The van der Waals surface area contributed by atoms with E-state index in [1.54, 1.807) is 30.7 Å². The fourth-order valence-electron chi connectivity index (χ4n) is 3.59. The van der Waals surface area contributed by atoms with E-state index in [0.29, 0.717) is 30.1 Å². The molecule has 2 heterocycles. The molecule has 11 heteroatoms. The van der Waals surface area contributed by atoms with Crippen LogP contribution in [0.15, 0.2) is 29.4 Å². The molecule has 1 aromatic carbocycles. The summed E-state index contributed by atoms with van der Waals surface area (Å²) in [6.45, 7) is 5.48. The molecule has 1 aliphatic rings. The number of rotatable bonds is 7. The van der Waals surface area contributed by atoms with E-state index < -0.39 is 33.9 Å². The van der Waals surface area contributed by atoms with Crippen molar-refractivity contribution in [1.82, 2.24) is 13.9 Å². The average Bonchev–Trinajstić information content (AvgIpc) is 3.13. The van der Waals surface area contributed by atoms with Gasteiger partial charge < -0.3 is 19.4 Å². The number of imidazole rings is 1. The Morgan fingerprint density at radius 1 is 1.21 bits per heavy atom. The van der Waals surface area contributed by atoms with Crippen molar-refractivity contribution in [2.75, 3.05) is 25.5 Å². The van der Waals surface area contributed by atoms with Crippen LogP contribution in [0.2, 0.25) is 0 Å². The number of nitrogens with zero attached hydrogens (tertiary/aromatic N) is 3. The number of hydrogen-bond donors (Lipinski definition) is 1. The van der Waals surface area contributed by atoms with Gasteiger partial charge in [0.2, 0.25) is 0 Å². The lowest BCUT2D eigenvalue weighted by atomic mass is 9.98. The number of ether oxygens (including phenoxy) is 2. The van der Waals surface area contributed by atoms with Crippen LogP contribution in [-0.2, 0) is 31.4 Å². The van der Waals surface area contributed by atoms with Crippen molar-refractivity contribution in [2.45, 2.75) is 44.7 Å². The molecule has 2 aromatic rings. The Bertz CT molecular complexity index is 1120. The van der Waals surface area contributed by atoms with Gasteiger partial charge in [-0.1, -0.05) is 6.07 Å². The minimum Gasteiger partial charge on any atom is -0.495 e. The van der Waals surface area contributed by atoms with Gasteiger partial charge in [-0.05, 0) is 51.3 Å². The number of aryl methyl sites for hydroxylation is 3. The molecule has 1 aromatic heterocycles. The van der Waals surface area contributed by atoms with Crippen molar-refractivity contribution >= 4 is 27.6 Å². The standard InChI is InChI=1S/C22H30N4O6S/c1-14-6-7-19(31-5)18(12-14)24-21(27)15(2)32-22(28)17-8-10-26(11-9-17)33(29,30)20-13-25(4)16(3)23-20/h6-7,12-13,15,17H,8-11H2,1-5H3,(H,24,27). The van der Waals surface area contributed by atoms with Crippen LogP contribution in [0.25, 0.3) is 0 Å². The molecule has 1 atom stereocenters. The first-order valence-electron chi connectivity index (χ1n) is 10.7. The van der Waals surface area contributed by atoms with Gasteiger partial charge >= 0.3 is 5.97 Å². The molecule has 1 amide bonds. The van der Waals surface area contributed by atoms with Gasteiger partial charge in [0, 0.05) is 26.3 Å². The number of esters is 1. The highest BCUT2D eigenvalue weighted by Gasteiger charge is 2.35. The number of sulfonamides is 1. The lowest BCUT2D eigenvalue weighted by molar-refractivity contribution is -0.158. The predicted molar refractivity (Wildman–Crippen MR) is 121 cm³/mol. The van der Waals surface area contributed by atoms with E-state index >= 15 is 0 Å². The molecule has 0 saturated carbocycles. The van der Waals surface area contributed by atoms with Gasteiger partial charge in [-0.2, -0.15) is 4.31 Å². The number of nitrogens with one attached hydrogen (secondary N) is 1. The van der Waals surface area contributed by atoms with E-state index in [2.05, 4.69) is 10.3 Å². The molecule has 1 unspecified atom stereocenters. The lowest BCUT2D eigenvalue weighted by Crippen LogP contribution is -2.41. The minimum absolute atomic E-state index is 0.000367. The third-order valence-electron chi connectivity index (χ3n) is 5.75. The zero-order valence-electron chi connectivity index (χ0n) is 19.5. The second-order valence-corrected chi connectivity index (χ2v) is 10.1. The molecule has 0 aliphatic carbocycles. The fourth-order valence-corrected chi connectivity index (χ4v) is 5.09. The zero-order valence-corrected chi connectivity index (χ0v) is 20.3. The highest BCUT2D eigenvalue weighted by Crippen LogP contribution is 2.27. The Balaban J connectivity index is 1.55. The summed E-state index contributed by atoms with van der Waals surface area (Å²) in [7, 11) is -0.483. The van der Waals surface area contributed by atoms with Gasteiger partial charge in [-0.3, -0.25) is 9.59 Å². The number of piperidine rings is 1. The molecule has 1 saturated heterocycles. The summed E-state index contributed by atoms with van der Waals surface area (Å²) >= 11 is 0. The highest BCUT2D eigenvalue weighted by molar-refractivity contribution is 7.89. The van der Waals surface area contributed by atoms with E-state index in [1.165, 1.54) is 24.5 Å². The summed E-state index contributed by atoms with van der Waals surface area (Å²) < 4.78 is 39.2. The Morgan fingerprint density at radius 3 is 2.45 bits per heavy atom. The zero-order chi connectivity index (χ0) is 24.3. The molecule has 0 bridgehead atoms. The van der Waals surface area contributed by atoms with Crippen LogP contribution < -0.4 is 10.1 Å². The third kappa shape index (κ3) is 5.53. The molecule has 0 spiro atoms. The van der Waals surface area contributed by atoms with Crippen molar-refractivity contribution in [2.24, 2.45) is 13.0 Å². The largest absolute Gasteiger partial charge is 0.495 e. The number of carbonyl (C=O) groups excluding carboxylic acids is 2. The number of anilines is 1. The van der Waals surface area contributed by atoms with Crippen LogP contribution in [0, 0.1) is 19.8 Å². The smallest absolute Gasteiger partial charge is 0.309 e. The molecule has 180 valence electrons. The maximum Gasteiger partial charge on any atom is 0.309 e. The summed E-state index contributed by atoms with van der Waals surface area (Å²) in [5.41, 5.74) is 1.44. The molecule has 3 rings (SSSR count). The number of aromatic nitrogens is 2. The molecule has 0 radical (unpaired) electrons. The molecule has 1 fully saturated rings. The van der Waals surface area contributed by atoms with Gasteiger partial charge in [0.05, 0.1) is 18.7 Å². The molecule has 1 aliphatic heterocycles. The van der Waals surface area contributed by atoms with E-state index in [1.807, 2.05) is 13.0 Å². The topological polar surface area (TPSA) is 120 Å². The Hall–Kier alpha value is -2.92. The van der Waals surface area contributed by atoms with Gasteiger partial charge in [0.25, 0.3) is 15.9 Å². The van der Waals surface area contributed by atoms with Crippen molar-refractivity contribution in [3.05, 3.63) is 35.8 Å². The van der Waals surface area contributed by atoms with Crippen molar-refractivity contribution in [3.8, 4) is 5.75 Å². The summed E-state index contributed by atoms with van der Waals surface area (Å²) in [5.74, 6) is -0.366. The number of benzene rings is 1. The number of methoxy groups -OCH3 is 1. The first kappa shape index (κ1) is 24.7. The molecule has 10 nitrogen and oxygen atoms in total. The maximum absolute atomic E-state index is 12.8. The molecule has 33 heavy (non-hydrogen) atoms. The van der Waals surface area contributed by atoms with Crippen LogP contribution in [0.1, 0.15) is 31.2 Å². The van der Waals surface area contributed by atoms with Crippen molar-refractivity contribution in [1.29, 1.82) is 0 Å². The van der Waals surface area contributed by atoms with Gasteiger partial charge in [-0.25, -0.2) is 13.4 Å². The summed E-state index contributed by atoms with van der Waals surface area (Å²) in [6, 6.07) is 5.37. The quantitative estimate of drug-likeness (QED) is 0.605. The van der Waals surface area contributed by atoms with E-state index in [-0.39, 0.29) is 18.1 Å². The van der Waals surface area contributed by atoms with Gasteiger partial charge in [-0.15, -0.1) is 0 Å². The molecular weight excluding hydrogens is 448 g/mol. The first-order valence-corrected chi connectivity index (χ1v) is 12.1. The second-order valence-electron chi connectivity index (χ2n) is 8.19. The molecular formula is C22H30N4O6S. The summed E-state index contributed by atoms with van der Waals surface area (Å²) in [4.78, 5) is 29.3. The first-order chi connectivity index (χ1) is 15.5. The van der Waals surface area contributed by atoms with Crippen molar-refractivity contribution < 1.29 is 27.5 Å². The van der Waals surface area contributed by atoms with E-state index in [0.717, 1.165) is 5.56 Å². The summed E-state index contributed by atoms with van der Waals surface area (Å²) in [5, 5.41) is 2.72. The van der Waals surface area contributed by atoms with Gasteiger partial charge in [0.1, 0.15) is 11.6 Å². The van der Waals surface area contributed by atoms with Crippen molar-refractivity contribution in [3.63, 3.8) is 0 Å². The maximum atomic E-state index is 12.8. The Kier molecular flexibility index (Phi) is 7.43. The lowest BCUT2D eigenvalue weighted by Gasteiger charge is -2.30. The Labute approximate surface area is 193 Å². The fraction of sp³-hybridized carbons (Fsp3) is 0.500. The van der Waals surface area contributed by atoms with Crippen LogP contribution in [0.5, 0.6) is 5.75 Å². The van der Waals surface area contributed by atoms with Gasteiger partial charge in [0.15, 0.2) is 11.1 Å². The number of carbonyl (C=O) groups is 2. The normalized spacial score (nSPS) is 16.3. The van der Waals surface area contributed by atoms with Crippen LogP contribution in [0.4, 0.5) is 5.69 Å². The summed E-state index contributed by atoms with van der Waals surface area (Å²) in [6.07, 6.45) is 1.09. The van der Waals surface area contributed by atoms with Crippen LogP contribution in [0.3, 0.4) is 0 Å². The van der Waals surface area contributed by atoms with E-state index in [9.17, 15) is 18.0 Å². The van der Waals surface area contributed by atoms with Crippen LogP contribution in [-0.4, -0.2) is 60.5 Å². The monoisotopic (exact) mass is 478 g/mol. The average molecular weight is 479 g/mol. The predicted octanol–water partition coefficient (Wildman–Crippen LogP) is 2.02. The Morgan fingerprint density at radius 2 is 1.88 bits per heavy atom.